The first-order valence-electron chi connectivity index (χ1n) is 7.98. The van der Waals surface area contributed by atoms with Crippen LogP contribution >= 0.6 is 11.3 Å². The number of benzene rings is 1. The molecule has 1 unspecified atom stereocenters. The third-order valence-corrected chi connectivity index (χ3v) is 5.11. The van der Waals surface area contributed by atoms with Gasteiger partial charge in [0.1, 0.15) is 0 Å². The van der Waals surface area contributed by atoms with Gasteiger partial charge in [-0.1, -0.05) is 0 Å². The summed E-state index contributed by atoms with van der Waals surface area (Å²) in [6, 6.07) is 1.50. The van der Waals surface area contributed by atoms with Crippen LogP contribution in [0.15, 0.2) is 17.5 Å². The van der Waals surface area contributed by atoms with Crippen molar-refractivity contribution in [2.24, 2.45) is 5.92 Å². The summed E-state index contributed by atoms with van der Waals surface area (Å²) < 4.78 is 39.8. The summed E-state index contributed by atoms with van der Waals surface area (Å²) >= 11 is 1.51. The molecule has 2 amide bonds. The summed E-state index contributed by atoms with van der Waals surface area (Å²) in [5.74, 6) is -5.72. The second kappa shape index (κ2) is 7.45. The van der Waals surface area contributed by atoms with Crippen LogP contribution in [-0.2, 0) is 16.0 Å². The molecular weight excluding hydrogens is 367 g/mol. The van der Waals surface area contributed by atoms with E-state index in [2.05, 4.69) is 10.3 Å². The molecule has 2 heterocycles. The Balaban J connectivity index is 1.59. The van der Waals surface area contributed by atoms with E-state index in [1.54, 1.807) is 0 Å². The van der Waals surface area contributed by atoms with Crippen molar-refractivity contribution in [1.29, 1.82) is 0 Å². The molecule has 0 radical (unpaired) electrons. The number of anilines is 1. The lowest BCUT2D eigenvalue weighted by Crippen LogP contribution is -2.34. The van der Waals surface area contributed by atoms with E-state index < -0.39 is 29.3 Å². The van der Waals surface area contributed by atoms with Crippen molar-refractivity contribution in [3.8, 4) is 0 Å². The Labute approximate surface area is 151 Å². The van der Waals surface area contributed by atoms with Gasteiger partial charge < -0.3 is 10.2 Å². The first kappa shape index (κ1) is 18.4. The molecule has 1 N–H and O–H groups in total. The molecule has 2 aromatic rings. The van der Waals surface area contributed by atoms with Crippen LogP contribution < -0.4 is 10.2 Å². The number of halogens is 3. The summed E-state index contributed by atoms with van der Waals surface area (Å²) in [5, 5.41) is 5.58. The Morgan fingerprint density at radius 2 is 2.04 bits per heavy atom. The smallest absolute Gasteiger partial charge is 0.227 e. The highest BCUT2D eigenvalue weighted by Crippen LogP contribution is 2.28. The predicted molar refractivity (Wildman–Crippen MR) is 90.3 cm³/mol. The van der Waals surface area contributed by atoms with Gasteiger partial charge in [-0.05, 0) is 6.92 Å². The number of nitrogens with one attached hydrogen (secondary N) is 1. The zero-order chi connectivity index (χ0) is 18.8. The van der Waals surface area contributed by atoms with Gasteiger partial charge in [0.05, 0.1) is 10.9 Å². The van der Waals surface area contributed by atoms with E-state index in [0.29, 0.717) is 13.0 Å². The number of hydrogen-bond donors (Lipinski definition) is 1. The fraction of sp³-hybridized carbons (Fsp3) is 0.353. The van der Waals surface area contributed by atoms with Crippen molar-refractivity contribution < 1.29 is 22.8 Å². The highest BCUT2D eigenvalue weighted by molar-refractivity contribution is 7.09. The fourth-order valence-corrected chi connectivity index (χ4v) is 3.56. The lowest BCUT2D eigenvalue weighted by atomic mass is 10.1. The molecule has 0 bridgehead atoms. The van der Waals surface area contributed by atoms with Gasteiger partial charge in [0, 0.05) is 54.8 Å². The molecule has 1 atom stereocenters. The number of aromatic nitrogens is 1. The Hall–Kier alpha value is -2.42. The molecule has 1 aliphatic heterocycles. The fourth-order valence-electron chi connectivity index (χ4n) is 2.79. The van der Waals surface area contributed by atoms with E-state index in [1.807, 2.05) is 12.3 Å². The third-order valence-electron chi connectivity index (χ3n) is 4.08. The lowest BCUT2D eigenvalue weighted by Gasteiger charge is -2.17. The lowest BCUT2D eigenvalue weighted by molar-refractivity contribution is -0.126. The minimum absolute atomic E-state index is 0.00839. The Bertz CT molecular complexity index is 833. The number of carbonyl (C=O) groups excluding carboxylic acids is 2. The van der Waals surface area contributed by atoms with Gasteiger partial charge >= 0.3 is 0 Å². The molecule has 138 valence electrons. The molecular formula is C17H16F3N3O2S. The highest BCUT2D eigenvalue weighted by Gasteiger charge is 2.35. The quantitative estimate of drug-likeness (QED) is 0.808. The first-order chi connectivity index (χ1) is 12.3. The van der Waals surface area contributed by atoms with Crippen LogP contribution in [0.3, 0.4) is 0 Å². The standard InChI is InChI=1S/C17H16F3N3O2S/c1-9-8-26-14(22-9)2-3-21-17(25)10-4-15(24)23(7-10)11-5-12(18)16(20)13(19)6-11/h5-6,8,10H,2-4,7H2,1H3,(H,21,25). The SMILES string of the molecule is Cc1csc(CCNC(=O)C2CC(=O)N(c3cc(F)c(F)c(F)c3)C2)n1. The van der Waals surface area contributed by atoms with Gasteiger partial charge in [-0.2, -0.15) is 0 Å². The average molecular weight is 383 g/mol. The van der Waals surface area contributed by atoms with Crippen LogP contribution in [0, 0.1) is 30.3 Å². The highest BCUT2D eigenvalue weighted by atomic mass is 32.1. The van der Waals surface area contributed by atoms with Crippen LogP contribution in [-0.4, -0.2) is 29.9 Å². The molecule has 3 rings (SSSR count). The predicted octanol–water partition coefficient (Wildman–Crippen LogP) is 2.58. The summed E-state index contributed by atoms with van der Waals surface area (Å²) in [6.07, 6.45) is 0.520. The molecule has 1 aromatic carbocycles. The van der Waals surface area contributed by atoms with Crippen molar-refractivity contribution >= 4 is 28.8 Å². The number of hydrogen-bond acceptors (Lipinski definition) is 4. The van der Waals surface area contributed by atoms with E-state index in [0.717, 1.165) is 27.7 Å². The molecule has 1 fully saturated rings. The molecule has 0 spiro atoms. The van der Waals surface area contributed by atoms with E-state index >= 15 is 0 Å². The molecule has 5 nitrogen and oxygen atoms in total. The molecule has 1 saturated heterocycles. The van der Waals surface area contributed by atoms with Crippen molar-refractivity contribution in [2.75, 3.05) is 18.0 Å². The Kier molecular flexibility index (Phi) is 5.26. The monoisotopic (exact) mass is 383 g/mol. The largest absolute Gasteiger partial charge is 0.355 e. The van der Waals surface area contributed by atoms with Crippen LogP contribution in [0.1, 0.15) is 17.1 Å². The summed E-state index contributed by atoms with van der Waals surface area (Å²) in [4.78, 5) is 29.7. The minimum atomic E-state index is -1.59. The zero-order valence-corrected chi connectivity index (χ0v) is 14.7. The second-order valence-corrected chi connectivity index (χ2v) is 7.00. The number of thiazole rings is 1. The molecule has 1 aliphatic rings. The first-order valence-corrected chi connectivity index (χ1v) is 8.86. The van der Waals surface area contributed by atoms with Crippen LogP contribution in [0.5, 0.6) is 0 Å². The van der Waals surface area contributed by atoms with E-state index in [4.69, 9.17) is 0 Å². The van der Waals surface area contributed by atoms with Gasteiger partial charge in [-0.15, -0.1) is 11.3 Å². The molecule has 26 heavy (non-hydrogen) atoms. The molecule has 0 aliphatic carbocycles. The maximum atomic E-state index is 13.4. The van der Waals surface area contributed by atoms with E-state index in [-0.39, 0.29) is 24.6 Å². The van der Waals surface area contributed by atoms with Crippen molar-refractivity contribution in [3.63, 3.8) is 0 Å². The van der Waals surface area contributed by atoms with Crippen LogP contribution in [0.25, 0.3) is 0 Å². The number of carbonyl (C=O) groups is 2. The maximum Gasteiger partial charge on any atom is 0.227 e. The van der Waals surface area contributed by atoms with Crippen LogP contribution in [0.2, 0.25) is 0 Å². The third kappa shape index (κ3) is 3.87. The summed E-state index contributed by atoms with van der Waals surface area (Å²) in [5.41, 5.74) is 0.826. The van der Waals surface area contributed by atoms with Crippen molar-refractivity contribution in [3.05, 3.63) is 45.7 Å². The number of amides is 2. The van der Waals surface area contributed by atoms with E-state index in [1.165, 1.54) is 11.3 Å². The number of aryl methyl sites for hydroxylation is 1. The molecule has 9 heteroatoms. The maximum absolute atomic E-state index is 13.4. The van der Waals surface area contributed by atoms with Gasteiger partial charge in [0.15, 0.2) is 17.5 Å². The van der Waals surface area contributed by atoms with Crippen LogP contribution in [0.4, 0.5) is 18.9 Å². The van der Waals surface area contributed by atoms with Crippen molar-refractivity contribution in [1.82, 2.24) is 10.3 Å². The minimum Gasteiger partial charge on any atom is -0.355 e. The molecule has 1 aromatic heterocycles. The van der Waals surface area contributed by atoms with E-state index in [9.17, 15) is 22.8 Å². The normalized spacial score (nSPS) is 17.0. The number of nitrogens with zero attached hydrogens (tertiary/aromatic N) is 2. The Morgan fingerprint density at radius 1 is 1.35 bits per heavy atom. The summed E-state index contributed by atoms with van der Waals surface area (Å²) in [6.45, 7) is 2.26. The summed E-state index contributed by atoms with van der Waals surface area (Å²) in [7, 11) is 0. The zero-order valence-electron chi connectivity index (χ0n) is 13.9. The van der Waals surface area contributed by atoms with Gasteiger partial charge in [-0.25, -0.2) is 18.2 Å². The van der Waals surface area contributed by atoms with Gasteiger partial charge in [-0.3, -0.25) is 9.59 Å². The number of rotatable bonds is 5. The second-order valence-electron chi connectivity index (χ2n) is 6.05. The molecule has 0 saturated carbocycles. The van der Waals surface area contributed by atoms with Gasteiger partial charge in [0.25, 0.3) is 0 Å². The average Bonchev–Trinajstić information content (AvgIpc) is 3.18. The van der Waals surface area contributed by atoms with Gasteiger partial charge in [0.2, 0.25) is 11.8 Å². The van der Waals surface area contributed by atoms with Crippen molar-refractivity contribution in [2.45, 2.75) is 19.8 Å². The topological polar surface area (TPSA) is 62.3 Å². The Morgan fingerprint density at radius 3 is 2.65 bits per heavy atom.